The Morgan fingerprint density at radius 1 is 0.780 bits per heavy atom. The van der Waals surface area contributed by atoms with Crippen LogP contribution in [-0.4, -0.2) is 120 Å². The van der Waals surface area contributed by atoms with Crippen LogP contribution < -0.4 is 5.32 Å². The standard InChI is InChI=1S/C37H54N2O11/c1-27-34(25-39-12-14-43-16-18-45-20-22-47-23-21-46-19-17-44-15-13-39)49-37(50-35(27)32-8-6-31(26-40)7-9-32)33-10-4-30(5-11-33)24-38-36(42)28(2)48-29(3)41/h4-11,27-28,34-35,37,40H,12-26H2,1-3H3,(H,38,42)/t27-,28-,34+,35+,37?/m0/s1. The van der Waals surface area contributed by atoms with Crippen LogP contribution in [0.2, 0.25) is 0 Å². The minimum Gasteiger partial charge on any atom is -0.453 e. The first-order chi connectivity index (χ1) is 24.3. The molecule has 0 saturated carbocycles. The maximum Gasteiger partial charge on any atom is 0.303 e. The summed E-state index contributed by atoms with van der Waals surface area (Å²) >= 11 is 0. The van der Waals surface area contributed by atoms with Gasteiger partial charge in [-0.2, -0.15) is 0 Å². The van der Waals surface area contributed by atoms with Crippen LogP contribution in [0.15, 0.2) is 48.5 Å². The summed E-state index contributed by atoms with van der Waals surface area (Å²) in [6, 6.07) is 15.6. The molecular weight excluding hydrogens is 648 g/mol. The summed E-state index contributed by atoms with van der Waals surface area (Å²) in [5.74, 6) is -0.876. The Morgan fingerprint density at radius 2 is 1.28 bits per heavy atom. The van der Waals surface area contributed by atoms with E-state index < -0.39 is 18.4 Å². The van der Waals surface area contributed by atoms with E-state index in [1.54, 1.807) is 0 Å². The van der Waals surface area contributed by atoms with E-state index in [1.165, 1.54) is 13.8 Å². The molecule has 1 unspecified atom stereocenters. The van der Waals surface area contributed by atoms with E-state index in [1.807, 2.05) is 48.5 Å². The number of rotatable bonds is 9. The highest BCUT2D eigenvalue weighted by Gasteiger charge is 2.39. The average molecular weight is 703 g/mol. The highest BCUT2D eigenvalue weighted by Crippen LogP contribution is 2.41. The molecule has 5 atom stereocenters. The predicted molar refractivity (Wildman–Crippen MR) is 183 cm³/mol. The number of amides is 1. The van der Waals surface area contributed by atoms with Crippen molar-refractivity contribution in [2.24, 2.45) is 5.92 Å². The summed E-state index contributed by atoms with van der Waals surface area (Å²) in [6.07, 6.45) is -1.97. The maximum absolute atomic E-state index is 12.3. The Labute approximate surface area is 295 Å². The van der Waals surface area contributed by atoms with Crippen LogP contribution in [0.1, 0.15) is 55.4 Å². The van der Waals surface area contributed by atoms with Gasteiger partial charge in [-0.05, 0) is 23.6 Å². The van der Waals surface area contributed by atoms with E-state index >= 15 is 0 Å². The van der Waals surface area contributed by atoms with Gasteiger partial charge in [0.05, 0.1) is 84.9 Å². The molecule has 2 heterocycles. The minimum atomic E-state index is -0.872. The molecule has 2 fully saturated rings. The topological polar surface area (TPSA) is 143 Å². The van der Waals surface area contributed by atoms with Crippen molar-refractivity contribution in [3.63, 3.8) is 0 Å². The molecule has 2 saturated heterocycles. The van der Waals surface area contributed by atoms with Crippen molar-refractivity contribution < 1.29 is 52.6 Å². The van der Waals surface area contributed by atoms with Gasteiger partial charge in [0.1, 0.15) is 0 Å². The van der Waals surface area contributed by atoms with Crippen LogP contribution >= 0.6 is 0 Å². The lowest BCUT2D eigenvalue weighted by molar-refractivity contribution is -0.276. The third-order valence-corrected chi connectivity index (χ3v) is 8.58. The Balaban J connectivity index is 1.45. The van der Waals surface area contributed by atoms with E-state index in [0.717, 1.165) is 22.3 Å². The summed E-state index contributed by atoms with van der Waals surface area (Å²) in [5, 5.41) is 12.4. The van der Waals surface area contributed by atoms with Gasteiger partial charge >= 0.3 is 5.97 Å². The third-order valence-electron chi connectivity index (χ3n) is 8.58. The molecule has 2 aliphatic rings. The van der Waals surface area contributed by atoms with Crippen molar-refractivity contribution in [2.45, 2.75) is 58.5 Å². The van der Waals surface area contributed by atoms with Crippen molar-refractivity contribution >= 4 is 11.9 Å². The second kappa shape index (κ2) is 22.1. The van der Waals surface area contributed by atoms with Crippen LogP contribution in [0.25, 0.3) is 0 Å². The zero-order chi connectivity index (χ0) is 35.6. The summed E-state index contributed by atoms with van der Waals surface area (Å²) < 4.78 is 46.8. The number of carbonyl (C=O) groups is 2. The maximum atomic E-state index is 12.3. The molecule has 2 N–H and O–H groups in total. The van der Waals surface area contributed by atoms with Gasteiger partial charge in [-0.1, -0.05) is 55.5 Å². The molecule has 13 nitrogen and oxygen atoms in total. The van der Waals surface area contributed by atoms with E-state index in [4.69, 9.17) is 37.9 Å². The van der Waals surface area contributed by atoms with Crippen LogP contribution in [-0.2, 0) is 60.6 Å². The van der Waals surface area contributed by atoms with Crippen LogP contribution in [0.5, 0.6) is 0 Å². The molecule has 0 spiro atoms. The Hall–Kier alpha value is -2.98. The van der Waals surface area contributed by atoms with Gasteiger partial charge in [-0.15, -0.1) is 0 Å². The normalized spacial score (nSPS) is 24.7. The van der Waals surface area contributed by atoms with Gasteiger partial charge in [0.15, 0.2) is 12.4 Å². The van der Waals surface area contributed by atoms with E-state index in [9.17, 15) is 14.7 Å². The molecule has 0 aliphatic carbocycles. The molecule has 0 aromatic heterocycles. The summed E-state index contributed by atoms with van der Waals surface area (Å²) in [5.41, 5.74) is 3.56. The van der Waals surface area contributed by atoms with Crippen molar-refractivity contribution in [1.29, 1.82) is 0 Å². The van der Waals surface area contributed by atoms with Crippen molar-refractivity contribution in [2.75, 3.05) is 85.7 Å². The monoisotopic (exact) mass is 702 g/mol. The molecule has 0 radical (unpaired) electrons. The zero-order valence-electron chi connectivity index (χ0n) is 29.6. The second-order valence-electron chi connectivity index (χ2n) is 12.4. The van der Waals surface area contributed by atoms with Crippen LogP contribution in [0, 0.1) is 5.92 Å². The molecule has 0 bridgehead atoms. The molecule has 13 heteroatoms. The predicted octanol–water partition coefficient (Wildman–Crippen LogP) is 2.94. The molecule has 2 aromatic carbocycles. The number of esters is 1. The third kappa shape index (κ3) is 13.6. The van der Waals surface area contributed by atoms with Gasteiger partial charge in [-0.3, -0.25) is 14.5 Å². The summed E-state index contributed by atoms with van der Waals surface area (Å²) in [4.78, 5) is 25.8. The zero-order valence-corrected chi connectivity index (χ0v) is 29.6. The fraction of sp³-hybridized carbons (Fsp3) is 0.622. The van der Waals surface area contributed by atoms with Gasteiger partial charge in [-0.25, -0.2) is 0 Å². The number of hydrogen-bond donors (Lipinski definition) is 2. The molecule has 2 aromatic rings. The van der Waals surface area contributed by atoms with Crippen molar-refractivity contribution in [1.82, 2.24) is 10.2 Å². The molecule has 1 amide bonds. The smallest absolute Gasteiger partial charge is 0.303 e. The van der Waals surface area contributed by atoms with Gasteiger partial charge in [0.2, 0.25) is 0 Å². The number of aliphatic hydroxyl groups is 1. The Kier molecular flexibility index (Phi) is 17.6. The molecule has 4 rings (SSSR count). The largest absolute Gasteiger partial charge is 0.453 e. The van der Waals surface area contributed by atoms with E-state index in [0.29, 0.717) is 85.7 Å². The lowest BCUT2D eigenvalue weighted by atomic mass is 9.90. The molecular formula is C37H54N2O11. The van der Waals surface area contributed by atoms with E-state index in [-0.39, 0.29) is 37.2 Å². The fourth-order valence-electron chi connectivity index (χ4n) is 5.67. The van der Waals surface area contributed by atoms with E-state index in [2.05, 4.69) is 17.1 Å². The number of ether oxygens (including phenoxy) is 8. The van der Waals surface area contributed by atoms with Gasteiger partial charge in [0, 0.05) is 44.6 Å². The second-order valence-corrected chi connectivity index (χ2v) is 12.4. The Bertz CT molecular complexity index is 1250. The van der Waals surface area contributed by atoms with Crippen LogP contribution in [0.4, 0.5) is 0 Å². The van der Waals surface area contributed by atoms with Crippen molar-refractivity contribution in [3.8, 4) is 0 Å². The first-order valence-corrected chi connectivity index (χ1v) is 17.5. The summed E-state index contributed by atoms with van der Waals surface area (Å²) in [7, 11) is 0. The van der Waals surface area contributed by atoms with Gasteiger partial charge < -0.3 is 48.3 Å². The van der Waals surface area contributed by atoms with Crippen LogP contribution in [0.3, 0.4) is 0 Å². The molecule has 50 heavy (non-hydrogen) atoms. The average Bonchev–Trinajstić information content (AvgIpc) is 3.12. The highest BCUT2D eigenvalue weighted by atomic mass is 16.7. The number of benzene rings is 2. The Morgan fingerprint density at radius 3 is 1.80 bits per heavy atom. The van der Waals surface area contributed by atoms with Gasteiger partial charge in [0.25, 0.3) is 5.91 Å². The lowest BCUT2D eigenvalue weighted by Gasteiger charge is -2.43. The number of aliphatic hydroxyl groups excluding tert-OH is 1. The number of hydrogen-bond acceptors (Lipinski definition) is 12. The number of nitrogens with zero attached hydrogens (tertiary/aromatic N) is 1. The lowest BCUT2D eigenvalue weighted by Crippen LogP contribution is -2.46. The first-order valence-electron chi connectivity index (χ1n) is 17.5. The minimum absolute atomic E-state index is 0.00109. The quantitative estimate of drug-likeness (QED) is 0.371. The summed E-state index contributed by atoms with van der Waals surface area (Å²) in [6.45, 7) is 12.3. The highest BCUT2D eigenvalue weighted by molar-refractivity contribution is 5.82. The SMILES string of the molecule is CC(=O)O[C@@H](C)C(=O)NCc1ccc(C2O[C@H](CN3CCOCCOCCOCCOCCOCC3)[C@H](C)[C@H](c3ccc(CO)cc3)O2)cc1. The number of carbonyl (C=O) groups excluding carboxylic acids is 2. The fourth-order valence-corrected chi connectivity index (χ4v) is 5.67. The molecule has 278 valence electrons. The van der Waals surface area contributed by atoms with Crippen molar-refractivity contribution in [3.05, 3.63) is 70.8 Å². The molecule has 2 aliphatic heterocycles. The number of nitrogens with one attached hydrogen (secondary N) is 1. The first kappa shape index (κ1) is 39.8.